The van der Waals surface area contributed by atoms with Gasteiger partial charge in [-0.1, -0.05) is 44.7 Å². The van der Waals surface area contributed by atoms with Crippen LogP contribution in [0.4, 0.5) is 0 Å². The fourth-order valence-electron chi connectivity index (χ4n) is 3.04. The summed E-state index contributed by atoms with van der Waals surface area (Å²) >= 11 is 0. The van der Waals surface area contributed by atoms with Gasteiger partial charge in [-0.25, -0.2) is 0 Å². The number of benzene rings is 1. The van der Waals surface area contributed by atoms with E-state index in [1.54, 1.807) is 13.8 Å². The van der Waals surface area contributed by atoms with Crippen LogP contribution in [-0.4, -0.2) is 37.8 Å². The summed E-state index contributed by atoms with van der Waals surface area (Å²) in [6, 6.07) is 8.09. The second-order valence-corrected chi connectivity index (χ2v) is 11.0. The summed E-state index contributed by atoms with van der Waals surface area (Å²) < 4.78 is 61.6. The van der Waals surface area contributed by atoms with E-state index in [4.69, 9.17) is 13.8 Å². The predicted molar refractivity (Wildman–Crippen MR) is 115 cm³/mol. The maximum absolute atomic E-state index is 12.7. The standard InChI is InChI=1S/C20H35O7PS/c1-4-11-18-13-15-19(16-14-18)25-17-10-8-7-9-12-20(29(22,23)24)28(21,26-5-2)27-6-3/h13-16,20H,4-12,17H2,1-3H3,(H,22,23,24). The molecular formula is C20H35O7PS. The normalized spacial score (nSPS) is 13.4. The van der Waals surface area contributed by atoms with Gasteiger partial charge in [-0.3, -0.25) is 9.12 Å². The highest BCUT2D eigenvalue weighted by atomic mass is 32.2. The van der Waals surface area contributed by atoms with Crippen molar-refractivity contribution in [2.45, 2.75) is 70.7 Å². The molecule has 0 amide bonds. The van der Waals surface area contributed by atoms with Crippen molar-refractivity contribution in [3.8, 4) is 5.75 Å². The highest BCUT2D eigenvalue weighted by Gasteiger charge is 2.43. The number of hydrogen-bond donors (Lipinski definition) is 1. The molecule has 0 radical (unpaired) electrons. The third-order valence-electron chi connectivity index (χ3n) is 4.39. The molecule has 0 aromatic heterocycles. The van der Waals surface area contributed by atoms with Gasteiger partial charge in [-0.05, 0) is 50.8 Å². The first kappa shape index (κ1) is 26.1. The summed E-state index contributed by atoms with van der Waals surface area (Å²) in [5.74, 6) is 0.839. The summed E-state index contributed by atoms with van der Waals surface area (Å²) in [5, 5.41) is 0. The Morgan fingerprint density at radius 2 is 1.55 bits per heavy atom. The maximum Gasteiger partial charge on any atom is 0.351 e. The Bertz CT molecular complexity index is 709. The highest BCUT2D eigenvalue weighted by Crippen LogP contribution is 2.56. The Morgan fingerprint density at radius 1 is 0.966 bits per heavy atom. The molecule has 7 nitrogen and oxygen atoms in total. The lowest BCUT2D eigenvalue weighted by atomic mass is 10.1. The smallest absolute Gasteiger partial charge is 0.351 e. The molecule has 0 aliphatic carbocycles. The Morgan fingerprint density at radius 3 is 2.07 bits per heavy atom. The van der Waals surface area contributed by atoms with Crippen molar-refractivity contribution in [1.82, 2.24) is 0 Å². The third-order valence-corrected chi connectivity index (χ3v) is 9.09. The molecule has 29 heavy (non-hydrogen) atoms. The van der Waals surface area contributed by atoms with Crippen LogP contribution < -0.4 is 4.74 Å². The van der Waals surface area contributed by atoms with Crippen LogP contribution in [0.5, 0.6) is 5.75 Å². The van der Waals surface area contributed by atoms with Gasteiger partial charge in [0.1, 0.15) is 5.75 Å². The van der Waals surface area contributed by atoms with Gasteiger partial charge in [-0.15, -0.1) is 0 Å². The quantitative estimate of drug-likeness (QED) is 0.203. The predicted octanol–water partition coefficient (Wildman–Crippen LogP) is 5.45. The summed E-state index contributed by atoms with van der Waals surface area (Å²) in [5.41, 5.74) is 1.30. The van der Waals surface area contributed by atoms with Crippen LogP contribution in [0.3, 0.4) is 0 Å². The molecule has 0 fully saturated rings. The SMILES string of the molecule is CCCc1ccc(OCCCCCCC(P(=O)(OCC)OCC)S(=O)(=O)O)cc1. The molecule has 0 heterocycles. The molecule has 1 aromatic rings. The molecule has 0 aliphatic rings. The van der Waals surface area contributed by atoms with Crippen molar-refractivity contribution >= 4 is 17.7 Å². The molecule has 168 valence electrons. The van der Waals surface area contributed by atoms with E-state index in [9.17, 15) is 17.5 Å². The number of aryl methyl sites for hydroxylation is 1. The lowest BCUT2D eigenvalue weighted by Gasteiger charge is -2.24. The van der Waals surface area contributed by atoms with Crippen LogP contribution in [-0.2, 0) is 30.2 Å². The first-order valence-corrected chi connectivity index (χ1v) is 13.4. The topological polar surface area (TPSA) is 99.1 Å². The molecule has 1 rings (SSSR count). The minimum atomic E-state index is -4.55. The van der Waals surface area contributed by atoms with Gasteiger partial charge in [0.15, 0.2) is 4.99 Å². The lowest BCUT2D eigenvalue weighted by Crippen LogP contribution is -2.23. The average molecular weight is 451 g/mol. The zero-order chi connectivity index (χ0) is 21.8. The van der Waals surface area contributed by atoms with Crippen LogP contribution in [0, 0.1) is 0 Å². The van der Waals surface area contributed by atoms with Crippen molar-refractivity contribution in [2.24, 2.45) is 0 Å². The summed E-state index contributed by atoms with van der Waals surface area (Å²) in [6.45, 7) is 6.01. The summed E-state index contributed by atoms with van der Waals surface area (Å²) in [4.78, 5) is -1.55. The van der Waals surface area contributed by atoms with Crippen LogP contribution in [0.15, 0.2) is 24.3 Å². The van der Waals surface area contributed by atoms with Crippen LogP contribution >= 0.6 is 7.60 Å². The van der Waals surface area contributed by atoms with Crippen molar-refractivity contribution in [1.29, 1.82) is 0 Å². The Kier molecular flexibility index (Phi) is 12.1. The van der Waals surface area contributed by atoms with E-state index in [1.165, 1.54) is 5.56 Å². The van der Waals surface area contributed by atoms with Crippen molar-refractivity contribution in [3.63, 3.8) is 0 Å². The first-order valence-electron chi connectivity index (χ1n) is 10.3. The zero-order valence-corrected chi connectivity index (χ0v) is 19.4. The zero-order valence-electron chi connectivity index (χ0n) is 17.7. The number of ether oxygens (including phenoxy) is 1. The van der Waals surface area contributed by atoms with Crippen molar-refractivity contribution < 1.29 is 31.3 Å². The van der Waals surface area contributed by atoms with Crippen LogP contribution in [0.25, 0.3) is 0 Å². The fourth-order valence-corrected chi connectivity index (χ4v) is 6.80. The van der Waals surface area contributed by atoms with Crippen molar-refractivity contribution in [3.05, 3.63) is 29.8 Å². The fraction of sp³-hybridized carbons (Fsp3) is 0.700. The Hall–Kier alpha value is -0.920. The molecule has 0 aliphatic heterocycles. The second-order valence-electron chi connectivity index (χ2n) is 6.79. The number of hydrogen-bond acceptors (Lipinski definition) is 6. The highest BCUT2D eigenvalue weighted by molar-refractivity contribution is 7.94. The maximum atomic E-state index is 12.7. The number of unbranched alkanes of at least 4 members (excludes halogenated alkanes) is 3. The lowest BCUT2D eigenvalue weighted by molar-refractivity contribution is 0.215. The van der Waals surface area contributed by atoms with Gasteiger partial charge in [0.2, 0.25) is 0 Å². The van der Waals surface area contributed by atoms with E-state index in [0.29, 0.717) is 13.0 Å². The molecular weight excluding hydrogens is 415 g/mol. The molecule has 0 bridgehead atoms. The van der Waals surface area contributed by atoms with Crippen LogP contribution in [0.2, 0.25) is 0 Å². The largest absolute Gasteiger partial charge is 0.494 e. The molecule has 1 N–H and O–H groups in total. The van der Waals surface area contributed by atoms with Gasteiger partial charge in [-0.2, -0.15) is 8.42 Å². The van der Waals surface area contributed by atoms with Gasteiger partial charge < -0.3 is 13.8 Å². The Labute approximate surface area is 175 Å². The van der Waals surface area contributed by atoms with E-state index in [0.717, 1.165) is 37.9 Å². The summed E-state index contributed by atoms with van der Waals surface area (Å²) in [7, 11) is -8.47. The van der Waals surface area contributed by atoms with E-state index in [2.05, 4.69) is 19.1 Å². The monoisotopic (exact) mass is 450 g/mol. The minimum absolute atomic E-state index is 0.0237. The van der Waals surface area contributed by atoms with E-state index >= 15 is 0 Å². The van der Waals surface area contributed by atoms with Gasteiger partial charge >= 0.3 is 7.60 Å². The van der Waals surface area contributed by atoms with E-state index < -0.39 is 22.7 Å². The van der Waals surface area contributed by atoms with Gasteiger partial charge in [0, 0.05) is 0 Å². The minimum Gasteiger partial charge on any atom is -0.494 e. The van der Waals surface area contributed by atoms with Gasteiger partial charge in [0.05, 0.1) is 19.8 Å². The average Bonchev–Trinajstić information content (AvgIpc) is 2.64. The molecule has 0 spiro atoms. The molecule has 0 saturated carbocycles. The third kappa shape index (κ3) is 9.62. The van der Waals surface area contributed by atoms with E-state index in [1.807, 2.05) is 12.1 Å². The molecule has 1 unspecified atom stereocenters. The summed E-state index contributed by atoms with van der Waals surface area (Å²) in [6.07, 6.45) is 5.06. The number of rotatable bonds is 16. The van der Waals surface area contributed by atoms with Crippen molar-refractivity contribution in [2.75, 3.05) is 19.8 Å². The molecule has 1 aromatic carbocycles. The van der Waals surface area contributed by atoms with E-state index in [-0.39, 0.29) is 19.6 Å². The van der Waals surface area contributed by atoms with Crippen LogP contribution in [0.1, 0.15) is 64.9 Å². The van der Waals surface area contributed by atoms with Gasteiger partial charge in [0.25, 0.3) is 10.1 Å². The Balaban J connectivity index is 2.39. The molecule has 9 heteroatoms. The first-order chi connectivity index (χ1) is 13.8. The molecule has 1 atom stereocenters. The second kappa shape index (κ2) is 13.4. The molecule has 0 saturated heterocycles.